The lowest BCUT2D eigenvalue weighted by molar-refractivity contribution is -0.137. The van der Waals surface area contributed by atoms with Gasteiger partial charge >= 0.3 is 6.18 Å². The van der Waals surface area contributed by atoms with Gasteiger partial charge in [0.1, 0.15) is 0 Å². The number of carbonyl (C=O) groups excluding carboxylic acids is 1. The average Bonchev–Trinajstić information content (AvgIpc) is 2.92. The Kier molecular flexibility index (Phi) is 3.93. The van der Waals surface area contributed by atoms with Gasteiger partial charge in [0.2, 0.25) is 5.78 Å². The fourth-order valence-corrected chi connectivity index (χ4v) is 1.50. The van der Waals surface area contributed by atoms with Crippen molar-refractivity contribution in [3.8, 4) is 0 Å². The number of carbonyl (C=O) groups is 1. The second-order valence-electron chi connectivity index (χ2n) is 3.90. The van der Waals surface area contributed by atoms with Gasteiger partial charge in [-0.2, -0.15) is 13.2 Å². The van der Waals surface area contributed by atoms with E-state index < -0.39 is 11.7 Å². The molecule has 0 aliphatic carbocycles. The van der Waals surface area contributed by atoms with Gasteiger partial charge in [0.25, 0.3) is 0 Å². The number of hydrogen-bond acceptors (Lipinski definition) is 3. The summed E-state index contributed by atoms with van der Waals surface area (Å²) in [4.78, 5) is 11.5. The van der Waals surface area contributed by atoms with Crippen LogP contribution in [0.3, 0.4) is 0 Å². The van der Waals surface area contributed by atoms with Crippen LogP contribution in [0, 0.1) is 0 Å². The van der Waals surface area contributed by atoms with Crippen molar-refractivity contribution < 1.29 is 22.4 Å². The minimum atomic E-state index is -4.40. The summed E-state index contributed by atoms with van der Waals surface area (Å²) in [5, 5.41) is 2.61. The number of halogens is 3. The maximum absolute atomic E-state index is 12.5. The van der Waals surface area contributed by atoms with Gasteiger partial charge in [0.05, 0.1) is 11.8 Å². The Balaban J connectivity index is 2.02. The molecule has 0 aliphatic rings. The van der Waals surface area contributed by atoms with Gasteiger partial charge in [-0.15, -0.1) is 0 Å². The third kappa shape index (κ3) is 3.50. The quantitative estimate of drug-likeness (QED) is 0.677. The van der Waals surface area contributed by atoms with Gasteiger partial charge in [-0.05, 0) is 30.3 Å². The van der Waals surface area contributed by atoms with Gasteiger partial charge < -0.3 is 9.73 Å². The SMILES string of the molecule is O=C(C=CNc1cccc(C(F)(F)F)c1)c1ccco1. The molecule has 1 aromatic heterocycles. The molecule has 1 heterocycles. The monoisotopic (exact) mass is 281 g/mol. The summed E-state index contributed by atoms with van der Waals surface area (Å²) in [6.45, 7) is 0. The van der Waals surface area contributed by atoms with Crippen LogP contribution in [0.1, 0.15) is 16.1 Å². The van der Waals surface area contributed by atoms with Crippen molar-refractivity contribution in [2.24, 2.45) is 0 Å². The van der Waals surface area contributed by atoms with E-state index in [0.29, 0.717) is 0 Å². The summed E-state index contributed by atoms with van der Waals surface area (Å²) in [6, 6.07) is 7.76. The zero-order chi connectivity index (χ0) is 14.6. The average molecular weight is 281 g/mol. The van der Waals surface area contributed by atoms with Crippen molar-refractivity contribution in [2.45, 2.75) is 6.18 Å². The summed E-state index contributed by atoms with van der Waals surface area (Å²) >= 11 is 0. The number of rotatable bonds is 4. The van der Waals surface area contributed by atoms with Gasteiger partial charge in [-0.1, -0.05) is 6.07 Å². The first kappa shape index (κ1) is 13.9. The van der Waals surface area contributed by atoms with Gasteiger partial charge in [-0.3, -0.25) is 4.79 Å². The van der Waals surface area contributed by atoms with Crippen molar-refractivity contribution in [3.63, 3.8) is 0 Å². The van der Waals surface area contributed by atoms with E-state index in [0.717, 1.165) is 12.1 Å². The Morgan fingerprint density at radius 1 is 1.20 bits per heavy atom. The molecule has 0 amide bonds. The largest absolute Gasteiger partial charge is 0.461 e. The molecule has 1 aromatic carbocycles. The van der Waals surface area contributed by atoms with E-state index in [1.165, 1.54) is 36.7 Å². The number of ketones is 1. The number of furan rings is 1. The smallest absolute Gasteiger partial charge is 0.416 e. The van der Waals surface area contributed by atoms with Crippen molar-refractivity contribution in [3.05, 3.63) is 66.3 Å². The zero-order valence-corrected chi connectivity index (χ0v) is 10.1. The second kappa shape index (κ2) is 5.64. The van der Waals surface area contributed by atoms with E-state index in [1.807, 2.05) is 0 Å². The number of benzene rings is 1. The molecular formula is C14H10F3NO2. The molecule has 0 unspecified atom stereocenters. The molecule has 20 heavy (non-hydrogen) atoms. The molecule has 2 rings (SSSR count). The molecule has 1 N–H and O–H groups in total. The van der Waals surface area contributed by atoms with E-state index in [9.17, 15) is 18.0 Å². The number of allylic oxidation sites excluding steroid dienone is 1. The number of hydrogen-bond donors (Lipinski definition) is 1. The Hall–Kier alpha value is -2.50. The van der Waals surface area contributed by atoms with Crippen LogP contribution in [0.4, 0.5) is 18.9 Å². The molecule has 0 spiro atoms. The molecule has 0 bridgehead atoms. The first-order chi connectivity index (χ1) is 9.47. The summed E-state index contributed by atoms with van der Waals surface area (Å²) < 4.78 is 42.4. The Morgan fingerprint density at radius 2 is 2.00 bits per heavy atom. The van der Waals surface area contributed by atoms with Crippen LogP contribution in [-0.2, 0) is 6.18 Å². The molecule has 0 aliphatic heterocycles. The van der Waals surface area contributed by atoms with Gasteiger partial charge in [-0.25, -0.2) is 0 Å². The standard InChI is InChI=1S/C14H10F3NO2/c15-14(16,17)10-3-1-4-11(9-10)18-7-6-12(19)13-5-2-8-20-13/h1-9,18H. The lowest BCUT2D eigenvalue weighted by Gasteiger charge is -2.08. The third-order valence-electron chi connectivity index (χ3n) is 2.44. The number of alkyl halides is 3. The lowest BCUT2D eigenvalue weighted by atomic mass is 10.2. The minimum Gasteiger partial charge on any atom is -0.461 e. The fraction of sp³-hybridized carbons (Fsp3) is 0.0714. The predicted molar refractivity (Wildman–Crippen MR) is 67.2 cm³/mol. The van der Waals surface area contributed by atoms with Crippen LogP contribution in [0.15, 0.2) is 59.4 Å². The Bertz CT molecular complexity index is 616. The predicted octanol–water partition coefficient (Wildman–Crippen LogP) is 4.11. The normalized spacial score (nSPS) is 11.8. The Labute approximate surface area is 112 Å². The maximum Gasteiger partial charge on any atom is 0.416 e. The highest BCUT2D eigenvalue weighted by atomic mass is 19.4. The van der Waals surface area contributed by atoms with Gasteiger partial charge in [0.15, 0.2) is 5.76 Å². The van der Waals surface area contributed by atoms with E-state index >= 15 is 0 Å². The molecular weight excluding hydrogens is 271 g/mol. The first-order valence-electron chi connectivity index (χ1n) is 5.65. The topological polar surface area (TPSA) is 42.2 Å². The molecule has 0 saturated heterocycles. The molecule has 3 nitrogen and oxygen atoms in total. The van der Waals surface area contributed by atoms with Crippen LogP contribution in [0.5, 0.6) is 0 Å². The molecule has 6 heteroatoms. The summed E-state index contributed by atoms with van der Waals surface area (Å²) in [5.41, 5.74) is -0.517. The molecule has 0 fully saturated rings. The van der Waals surface area contributed by atoms with E-state index in [4.69, 9.17) is 4.42 Å². The molecule has 2 aromatic rings. The zero-order valence-electron chi connectivity index (χ0n) is 10.1. The minimum absolute atomic E-state index is 0.159. The first-order valence-corrected chi connectivity index (χ1v) is 5.65. The van der Waals surface area contributed by atoms with Crippen LogP contribution in [0.25, 0.3) is 0 Å². The highest BCUT2D eigenvalue weighted by Gasteiger charge is 2.30. The van der Waals surface area contributed by atoms with Crippen LogP contribution >= 0.6 is 0 Å². The van der Waals surface area contributed by atoms with Crippen molar-refractivity contribution in [1.29, 1.82) is 0 Å². The third-order valence-corrected chi connectivity index (χ3v) is 2.44. The molecule has 0 atom stereocenters. The Morgan fingerprint density at radius 3 is 2.65 bits per heavy atom. The lowest BCUT2D eigenvalue weighted by Crippen LogP contribution is -2.05. The maximum atomic E-state index is 12.5. The summed E-state index contributed by atoms with van der Waals surface area (Å²) in [5.74, 6) is -0.221. The van der Waals surface area contributed by atoms with E-state index in [-0.39, 0.29) is 17.2 Å². The van der Waals surface area contributed by atoms with Crippen molar-refractivity contribution >= 4 is 11.5 Å². The summed E-state index contributed by atoms with van der Waals surface area (Å²) in [6.07, 6.45) is -0.591. The van der Waals surface area contributed by atoms with Crippen LogP contribution in [-0.4, -0.2) is 5.78 Å². The second-order valence-corrected chi connectivity index (χ2v) is 3.90. The van der Waals surface area contributed by atoms with Crippen LogP contribution in [0.2, 0.25) is 0 Å². The fourth-order valence-electron chi connectivity index (χ4n) is 1.50. The van der Waals surface area contributed by atoms with Gasteiger partial charge in [0, 0.05) is 18.0 Å². The van der Waals surface area contributed by atoms with E-state index in [1.54, 1.807) is 6.07 Å². The highest BCUT2D eigenvalue weighted by Crippen LogP contribution is 2.30. The van der Waals surface area contributed by atoms with Crippen molar-refractivity contribution in [2.75, 3.05) is 5.32 Å². The van der Waals surface area contributed by atoms with Crippen molar-refractivity contribution in [1.82, 2.24) is 0 Å². The molecule has 104 valence electrons. The van der Waals surface area contributed by atoms with E-state index in [2.05, 4.69) is 5.32 Å². The molecule has 0 radical (unpaired) electrons. The summed E-state index contributed by atoms with van der Waals surface area (Å²) in [7, 11) is 0. The highest BCUT2D eigenvalue weighted by molar-refractivity contribution is 6.02. The van der Waals surface area contributed by atoms with Crippen LogP contribution < -0.4 is 5.32 Å². The number of anilines is 1. The molecule has 0 saturated carbocycles. The number of nitrogens with one attached hydrogen (secondary N) is 1.